The van der Waals surface area contributed by atoms with Crippen molar-refractivity contribution in [1.29, 1.82) is 0 Å². The molecule has 2 aliphatic rings. The van der Waals surface area contributed by atoms with Crippen LogP contribution >= 0.6 is 0 Å². The van der Waals surface area contributed by atoms with E-state index in [1.54, 1.807) is 11.1 Å². The number of fused-ring (bicyclic) bond motifs is 6. The zero-order valence-electron chi connectivity index (χ0n) is 15.4. The molecule has 0 heteroatoms. The lowest BCUT2D eigenvalue weighted by Crippen LogP contribution is -2.04. The Morgan fingerprint density at radius 2 is 0.889 bits per heavy atom. The van der Waals surface area contributed by atoms with Crippen LogP contribution in [0.15, 0.2) is 84.9 Å². The van der Waals surface area contributed by atoms with Crippen LogP contribution in [0.25, 0.3) is 33.0 Å². The third-order valence-electron chi connectivity index (χ3n) is 6.67. The minimum atomic E-state index is 0.729. The molecular weight excluding hydrogens is 324 g/mol. The first-order chi connectivity index (χ1) is 13.4. The fourth-order valence-electron chi connectivity index (χ4n) is 5.66. The van der Waals surface area contributed by atoms with E-state index in [2.05, 4.69) is 84.9 Å². The Morgan fingerprint density at radius 1 is 0.481 bits per heavy atom. The summed E-state index contributed by atoms with van der Waals surface area (Å²) in [5, 5.41) is 2.82. The van der Waals surface area contributed by atoms with Crippen LogP contribution < -0.4 is 0 Å². The van der Waals surface area contributed by atoms with E-state index in [0.717, 1.165) is 11.8 Å². The molecule has 0 nitrogen and oxygen atoms in total. The van der Waals surface area contributed by atoms with Crippen molar-refractivity contribution < 1.29 is 0 Å². The van der Waals surface area contributed by atoms with Gasteiger partial charge in [-0.25, -0.2) is 0 Å². The van der Waals surface area contributed by atoms with Gasteiger partial charge in [0.15, 0.2) is 0 Å². The van der Waals surface area contributed by atoms with Crippen molar-refractivity contribution in [3.05, 3.63) is 96.1 Å². The van der Waals surface area contributed by atoms with Gasteiger partial charge in [-0.05, 0) is 75.3 Å². The van der Waals surface area contributed by atoms with E-state index in [0.29, 0.717) is 0 Å². The lowest BCUT2D eigenvalue weighted by molar-refractivity contribution is 0.721. The summed E-state index contributed by atoms with van der Waals surface area (Å²) in [4.78, 5) is 0. The van der Waals surface area contributed by atoms with Gasteiger partial charge in [-0.15, -0.1) is 0 Å². The third-order valence-corrected chi connectivity index (χ3v) is 6.67. The average Bonchev–Trinajstić information content (AvgIpc) is 3.36. The van der Waals surface area contributed by atoms with Crippen molar-refractivity contribution in [2.45, 2.75) is 31.1 Å². The second-order valence-electron chi connectivity index (χ2n) is 8.06. The topological polar surface area (TPSA) is 0 Å². The van der Waals surface area contributed by atoms with E-state index in [-0.39, 0.29) is 0 Å². The molecule has 27 heavy (non-hydrogen) atoms. The molecule has 2 bridgehead atoms. The van der Waals surface area contributed by atoms with E-state index in [1.807, 2.05) is 0 Å². The maximum Gasteiger partial charge on any atom is -0.00672 e. The van der Waals surface area contributed by atoms with Crippen molar-refractivity contribution in [2.24, 2.45) is 0 Å². The molecule has 1 fully saturated rings. The molecule has 0 radical (unpaired) electrons. The summed E-state index contributed by atoms with van der Waals surface area (Å²) in [7, 11) is 0. The molecule has 2 atom stereocenters. The molecule has 0 amide bonds. The van der Waals surface area contributed by atoms with Crippen LogP contribution in [0.1, 0.15) is 42.2 Å². The van der Waals surface area contributed by atoms with Gasteiger partial charge < -0.3 is 0 Å². The molecule has 2 unspecified atom stereocenters. The average molecular weight is 346 g/mol. The number of hydrogen-bond acceptors (Lipinski definition) is 0. The molecule has 4 aromatic rings. The minimum absolute atomic E-state index is 0.729. The highest BCUT2D eigenvalue weighted by molar-refractivity contribution is 6.08. The van der Waals surface area contributed by atoms with E-state index in [4.69, 9.17) is 0 Å². The van der Waals surface area contributed by atoms with Gasteiger partial charge >= 0.3 is 0 Å². The summed E-state index contributed by atoms with van der Waals surface area (Å²) in [6.45, 7) is 0. The van der Waals surface area contributed by atoms with E-state index in [1.165, 1.54) is 52.3 Å². The second kappa shape index (κ2) is 5.82. The first-order valence-electron chi connectivity index (χ1n) is 10.1. The van der Waals surface area contributed by atoms with Gasteiger partial charge in [0, 0.05) is 0 Å². The normalized spacial score (nSPS) is 20.1. The van der Waals surface area contributed by atoms with Crippen molar-refractivity contribution in [2.75, 3.05) is 0 Å². The van der Waals surface area contributed by atoms with Crippen LogP contribution in [0.5, 0.6) is 0 Å². The summed E-state index contributed by atoms with van der Waals surface area (Å²) in [6.07, 6.45) is 4.04. The molecule has 0 aromatic heterocycles. The van der Waals surface area contributed by atoms with Crippen molar-refractivity contribution in [1.82, 2.24) is 0 Å². The summed E-state index contributed by atoms with van der Waals surface area (Å²) in [6, 6.07) is 31.2. The van der Waals surface area contributed by atoms with Crippen LogP contribution in [0.2, 0.25) is 0 Å². The lowest BCUT2D eigenvalue weighted by Gasteiger charge is -2.26. The zero-order valence-corrected chi connectivity index (χ0v) is 15.4. The molecule has 6 rings (SSSR count). The van der Waals surface area contributed by atoms with Gasteiger partial charge in [0.2, 0.25) is 0 Å². The Morgan fingerprint density at radius 3 is 1.33 bits per heavy atom. The largest absolute Gasteiger partial charge is 0.0622 e. The third kappa shape index (κ3) is 2.16. The van der Waals surface area contributed by atoms with Crippen LogP contribution in [0.4, 0.5) is 0 Å². The molecule has 4 aromatic carbocycles. The standard InChI is InChI=1S/C27H22/c1-3-9-18(10-4-1)24-22-13-7-8-14-23(22)25(19-11-5-2-6-12-19)27-21-16-15-20(17-21)26(24)27/h1-14,20-21H,15-17H2. The van der Waals surface area contributed by atoms with Crippen LogP contribution in [0, 0.1) is 0 Å². The van der Waals surface area contributed by atoms with Crippen molar-refractivity contribution in [3.63, 3.8) is 0 Å². The van der Waals surface area contributed by atoms with Crippen LogP contribution in [-0.2, 0) is 0 Å². The predicted octanol–water partition coefficient (Wildman–Crippen LogP) is 7.54. The predicted molar refractivity (Wildman–Crippen MR) is 114 cm³/mol. The smallest absolute Gasteiger partial charge is 0.00672 e. The van der Waals surface area contributed by atoms with Gasteiger partial charge in [0.1, 0.15) is 0 Å². The molecule has 0 heterocycles. The summed E-state index contributed by atoms with van der Waals surface area (Å²) in [5.74, 6) is 1.46. The van der Waals surface area contributed by atoms with E-state index < -0.39 is 0 Å². The highest BCUT2D eigenvalue weighted by Crippen LogP contribution is 2.60. The Labute approximate surface area is 160 Å². The zero-order chi connectivity index (χ0) is 17.8. The highest BCUT2D eigenvalue weighted by atomic mass is 14.4. The number of benzene rings is 4. The first kappa shape index (κ1) is 15.2. The monoisotopic (exact) mass is 346 g/mol. The molecule has 1 saturated carbocycles. The number of hydrogen-bond donors (Lipinski definition) is 0. The van der Waals surface area contributed by atoms with Gasteiger partial charge in [-0.2, -0.15) is 0 Å². The summed E-state index contributed by atoms with van der Waals surface area (Å²) in [5.41, 5.74) is 9.03. The number of rotatable bonds is 2. The SMILES string of the molecule is c1ccc(-c2c3c(c(-c4ccccc4)c4ccccc24)C2CCC3C2)cc1. The maximum absolute atomic E-state index is 2.33. The summed E-state index contributed by atoms with van der Waals surface area (Å²) < 4.78 is 0. The quantitative estimate of drug-likeness (QED) is 0.352. The molecular formula is C27H22. The van der Waals surface area contributed by atoms with Gasteiger partial charge in [0.05, 0.1) is 0 Å². The summed E-state index contributed by atoms with van der Waals surface area (Å²) >= 11 is 0. The highest BCUT2D eigenvalue weighted by Gasteiger charge is 2.41. The first-order valence-corrected chi connectivity index (χ1v) is 10.1. The fourth-order valence-corrected chi connectivity index (χ4v) is 5.66. The molecule has 0 saturated heterocycles. The Kier molecular flexibility index (Phi) is 3.28. The van der Waals surface area contributed by atoms with Crippen LogP contribution in [-0.4, -0.2) is 0 Å². The molecule has 0 N–H and O–H groups in total. The van der Waals surface area contributed by atoms with Gasteiger partial charge in [0.25, 0.3) is 0 Å². The molecule has 0 spiro atoms. The molecule has 130 valence electrons. The molecule has 0 aliphatic heterocycles. The van der Waals surface area contributed by atoms with Gasteiger partial charge in [-0.1, -0.05) is 84.9 Å². The minimum Gasteiger partial charge on any atom is -0.0622 e. The lowest BCUT2D eigenvalue weighted by atomic mass is 9.78. The van der Waals surface area contributed by atoms with Crippen molar-refractivity contribution in [3.8, 4) is 22.3 Å². The van der Waals surface area contributed by atoms with E-state index in [9.17, 15) is 0 Å². The van der Waals surface area contributed by atoms with Gasteiger partial charge in [-0.3, -0.25) is 0 Å². The van der Waals surface area contributed by atoms with E-state index >= 15 is 0 Å². The Bertz CT molecular complexity index is 1050. The Hall–Kier alpha value is -2.86. The maximum atomic E-state index is 2.33. The molecule has 2 aliphatic carbocycles. The second-order valence-corrected chi connectivity index (χ2v) is 8.06. The van der Waals surface area contributed by atoms with Crippen LogP contribution in [0.3, 0.4) is 0 Å². The fraction of sp³-hybridized carbons (Fsp3) is 0.185. The van der Waals surface area contributed by atoms with Crippen molar-refractivity contribution >= 4 is 10.8 Å². The Balaban J connectivity index is 1.80.